The summed E-state index contributed by atoms with van der Waals surface area (Å²) in [5.74, 6) is -0.852. The fraction of sp³-hybridized carbons (Fsp3) is 0.115. The van der Waals surface area contributed by atoms with Crippen LogP contribution in [0.4, 0.5) is 14.9 Å². The number of halogens is 1. The number of hydrogen-bond donors (Lipinski definition) is 1. The predicted octanol–water partition coefficient (Wildman–Crippen LogP) is 5.39. The first-order chi connectivity index (χ1) is 16.4. The maximum atomic E-state index is 13.8. The minimum Gasteiger partial charge on any atom is -0.489 e. The zero-order valence-electron chi connectivity index (χ0n) is 18.3. The van der Waals surface area contributed by atoms with Gasteiger partial charge in [-0.25, -0.2) is 4.39 Å². The van der Waals surface area contributed by atoms with E-state index in [1.807, 2.05) is 19.1 Å². The number of rotatable bonds is 7. The van der Waals surface area contributed by atoms with Gasteiger partial charge in [0.2, 0.25) is 5.91 Å². The van der Waals surface area contributed by atoms with Gasteiger partial charge in [0, 0.05) is 11.3 Å². The Balaban J connectivity index is 1.40. The van der Waals surface area contributed by atoms with Crippen molar-refractivity contribution in [2.75, 3.05) is 11.9 Å². The number of ether oxygens (including phenoxy) is 1. The van der Waals surface area contributed by atoms with Crippen LogP contribution in [0.1, 0.15) is 16.7 Å². The van der Waals surface area contributed by atoms with Gasteiger partial charge >= 0.3 is 0 Å². The van der Waals surface area contributed by atoms with Crippen LogP contribution in [0, 0.1) is 12.7 Å². The predicted molar refractivity (Wildman–Crippen MR) is 130 cm³/mol. The van der Waals surface area contributed by atoms with E-state index in [1.54, 1.807) is 60.7 Å². The second-order valence-electron chi connectivity index (χ2n) is 7.63. The summed E-state index contributed by atoms with van der Waals surface area (Å²) in [7, 11) is 0. The molecule has 1 fully saturated rings. The molecule has 0 bridgehead atoms. The molecule has 3 aromatic rings. The monoisotopic (exact) mass is 476 g/mol. The van der Waals surface area contributed by atoms with Crippen molar-refractivity contribution < 1.29 is 23.5 Å². The van der Waals surface area contributed by atoms with E-state index in [0.29, 0.717) is 22.6 Å². The molecular formula is C26H21FN2O4S. The third kappa shape index (κ3) is 5.71. The van der Waals surface area contributed by atoms with E-state index in [9.17, 15) is 18.8 Å². The van der Waals surface area contributed by atoms with E-state index >= 15 is 0 Å². The maximum absolute atomic E-state index is 13.8. The molecule has 4 rings (SSSR count). The van der Waals surface area contributed by atoms with Crippen molar-refractivity contribution in [2.24, 2.45) is 0 Å². The Bertz CT molecular complexity index is 1270. The summed E-state index contributed by atoms with van der Waals surface area (Å²) in [6.45, 7) is 1.62. The van der Waals surface area contributed by atoms with Crippen molar-refractivity contribution in [3.05, 3.63) is 100 Å². The molecule has 0 spiro atoms. The van der Waals surface area contributed by atoms with Gasteiger partial charge in [0.15, 0.2) is 0 Å². The second-order valence-corrected chi connectivity index (χ2v) is 8.63. The van der Waals surface area contributed by atoms with Crippen LogP contribution in [0.25, 0.3) is 6.08 Å². The van der Waals surface area contributed by atoms with E-state index in [2.05, 4.69) is 5.32 Å². The van der Waals surface area contributed by atoms with E-state index in [0.717, 1.165) is 22.2 Å². The van der Waals surface area contributed by atoms with Gasteiger partial charge in [-0.05, 0) is 60.7 Å². The number of aryl methyl sites for hydroxylation is 1. The molecule has 3 aromatic carbocycles. The van der Waals surface area contributed by atoms with Crippen molar-refractivity contribution in [1.82, 2.24) is 4.90 Å². The molecule has 34 heavy (non-hydrogen) atoms. The highest BCUT2D eigenvalue weighted by molar-refractivity contribution is 8.18. The zero-order chi connectivity index (χ0) is 24.1. The fourth-order valence-electron chi connectivity index (χ4n) is 3.24. The summed E-state index contributed by atoms with van der Waals surface area (Å²) >= 11 is 0.773. The van der Waals surface area contributed by atoms with Gasteiger partial charge < -0.3 is 10.1 Å². The average Bonchev–Trinajstić information content (AvgIpc) is 3.07. The largest absolute Gasteiger partial charge is 0.489 e. The lowest BCUT2D eigenvalue weighted by Crippen LogP contribution is -2.36. The number of amides is 3. The van der Waals surface area contributed by atoms with Gasteiger partial charge in [0.25, 0.3) is 11.1 Å². The zero-order valence-corrected chi connectivity index (χ0v) is 19.1. The van der Waals surface area contributed by atoms with Crippen LogP contribution in [0.2, 0.25) is 0 Å². The highest BCUT2D eigenvalue weighted by Crippen LogP contribution is 2.32. The Labute approximate surface area is 200 Å². The Morgan fingerprint density at radius 3 is 2.59 bits per heavy atom. The van der Waals surface area contributed by atoms with Crippen LogP contribution in [0.3, 0.4) is 0 Å². The summed E-state index contributed by atoms with van der Waals surface area (Å²) in [4.78, 5) is 38.6. The van der Waals surface area contributed by atoms with Crippen molar-refractivity contribution >= 4 is 40.6 Å². The Morgan fingerprint density at radius 2 is 1.82 bits per heavy atom. The summed E-state index contributed by atoms with van der Waals surface area (Å²) in [6.07, 6.45) is 1.57. The summed E-state index contributed by atoms with van der Waals surface area (Å²) < 4.78 is 19.5. The Kier molecular flexibility index (Phi) is 7.08. The molecule has 8 heteroatoms. The number of thioether (sulfide) groups is 1. The molecule has 0 aliphatic carbocycles. The van der Waals surface area contributed by atoms with Gasteiger partial charge in [-0.15, -0.1) is 0 Å². The molecule has 3 amide bonds. The molecule has 1 N–H and O–H groups in total. The fourth-order valence-corrected chi connectivity index (χ4v) is 4.08. The lowest BCUT2D eigenvalue weighted by Gasteiger charge is -2.12. The molecule has 0 unspecified atom stereocenters. The number of carbonyl (C=O) groups is 3. The number of imide groups is 1. The molecule has 172 valence electrons. The molecule has 0 saturated carbocycles. The van der Waals surface area contributed by atoms with Crippen LogP contribution in [0.15, 0.2) is 77.7 Å². The number of hydrogen-bond acceptors (Lipinski definition) is 5. The van der Waals surface area contributed by atoms with Crippen molar-refractivity contribution in [2.45, 2.75) is 13.5 Å². The number of nitrogens with one attached hydrogen (secondary N) is 1. The van der Waals surface area contributed by atoms with Crippen LogP contribution >= 0.6 is 11.8 Å². The van der Waals surface area contributed by atoms with Gasteiger partial charge in [0.1, 0.15) is 24.7 Å². The Hall–Kier alpha value is -3.91. The molecule has 6 nitrogen and oxygen atoms in total. The molecule has 0 radical (unpaired) electrons. The number of carbonyl (C=O) groups excluding carboxylic acids is 3. The van der Waals surface area contributed by atoms with E-state index in [1.165, 1.54) is 6.07 Å². The third-order valence-electron chi connectivity index (χ3n) is 5.02. The lowest BCUT2D eigenvalue weighted by atomic mass is 10.2. The third-order valence-corrected chi connectivity index (χ3v) is 5.93. The molecule has 0 aromatic heterocycles. The minimum absolute atomic E-state index is 0.0583. The van der Waals surface area contributed by atoms with E-state index in [4.69, 9.17) is 4.74 Å². The van der Waals surface area contributed by atoms with Crippen LogP contribution in [-0.2, 0) is 16.2 Å². The standard InChI is InChI=1S/C26H21FN2O4S/c1-17-9-11-20(12-10-17)28-24(30)15-29-25(31)23(34-26(29)32)14-18-5-4-7-21(13-18)33-16-19-6-2-3-8-22(19)27/h2-14H,15-16H2,1H3,(H,28,30)/b23-14+. The number of anilines is 1. The van der Waals surface area contributed by atoms with Crippen molar-refractivity contribution in [3.63, 3.8) is 0 Å². The second kappa shape index (κ2) is 10.4. The summed E-state index contributed by atoms with van der Waals surface area (Å²) in [5, 5.41) is 2.17. The van der Waals surface area contributed by atoms with Gasteiger partial charge in [-0.1, -0.05) is 48.0 Å². The smallest absolute Gasteiger partial charge is 0.294 e. The topological polar surface area (TPSA) is 75.7 Å². The lowest BCUT2D eigenvalue weighted by molar-refractivity contribution is -0.127. The van der Waals surface area contributed by atoms with Crippen molar-refractivity contribution in [1.29, 1.82) is 0 Å². The van der Waals surface area contributed by atoms with Crippen LogP contribution in [-0.4, -0.2) is 28.5 Å². The first-order valence-electron chi connectivity index (χ1n) is 10.5. The minimum atomic E-state index is -0.535. The average molecular weight is 477 g/mol. The molecule has 1 aliphatic heterocycles. The molecule has 1 heterocycles. The highest BCUT2D eigenvalue weighted by Gasteiger charge is 2.36. The van der Waals surface area contributed by atoms with Gasteiger partial charge in [-0.3, -0.25) is 19.3 Å². The molecular weight excluding hydrogens is 455 g/mol. The first-order valence-corrected chi connectivity index (χ1v) is 11.3. The van der Waals surface area contributed by atoms with Gasteiger partial charge in [0.05, 0.1) is 4.91 Å². The summed E-state index contributed by atoms with van der Waals surface area (Å²) in [6, 6.07) is 20.5. The maximum Gasteiger partial charge on any atom is 0.294 e. The van der Waals surface area contributed by atoms with Crippen LogP contribution in [0.5, 0.6) is 5.75 Å². The SMILES string of the molecule is Cc1ccc(NC(=O)CN2C(=O)S/C(=C/c3cccc(OCc4ccccc4F)c3)C2=O)cc1. The first kappa shape index (κ1) is 23.3. The highest BCUT2D eigenvalue weighted by atomic mass is 32.2. The normalized spacial score (nSPS) is 14.5. The molecule has 0 atom stereocenters. The molecule has 1 saturated heterocycles. The number of benzene rings is 3. The van der Waals surface area contributed by atoms with Crippen LogP contribution < -0.4 is 10.1 Å². The molecule has 1 aliphatic rings. The number of nitrogens with zero attached hydrogens (tertiary/aromatic N) is 1. The quantitative estimate of drug-likeness (QED) is 0.463. The van der Waals surface area contributed by atoms with Gasteiger partial charge in [-0.2, -0.15) is 0 Å². The van der Waals surface area contributed by atoms with Crippen molar-refractivity contribution in [3.8, 4) is 5.75 Å². The Morgan fingerprint density at radius 1 is 1.06 bits per heavy atom. The van der Waals surface area contributed by atoms with E-state index < -0.39 is 17.1 Å². The summed E-state index contributed by atoms with van der Waals surface area (Å²) in [5.41, 5.74) is 2.71. The van der Waals surface area contributed by atoms with E-state index in [-0.39, 0.29) is 23.9 Å².